The molecule has 0 aromatic heterocycles. The van der Waals surface area contributed by atoms with Crippen LogP contribution >= 0.6 is 0 Å². The summed E-state index contributed by atoms with van der Waals surface area (Å²) in [7, 11) is 1.86. The molecule has 0 fully saturated rings. The number of hydrogen-bond donors (Lipinski definition) is 1. The maximum Gasteiger partial charge on any atom is 0.317 e. The van der Waals surface area contributed by atoms with Crippen molar-refractivity contribution in [1.29, 1.82) is 0 Å². The molecule has 3 nitrogen and oxygen atoms in total. The van der Waals surface area contributed by atoms with Crippen LogP contribution in [0.3, 0.4) is 0 Å². The average molecular weight is 173 g/mol. The van der Waals surface area contributed by atoms with Gasteiger partial charge in [-0.25, -0.2) is 0 Å². The van der Waals surface area contributed by atoms with Crippen LogP contribution in [0.25, 0.3) is 0 Å². The Labute approximate surface area is 74.4 Å². The summed E-state index contributed by atoms with van der Waals surface area (Å²) in [5.74, 6) is -0.240. The third kappa shape index (κ3) is 3.72. The molecule has 1 N–H and O–H groups in total. The Bertz CT molecular complexity index is 145. The Morgan fingerprint density at radius 3 is 2.25 bits per heavy atom. The lowest BCUT2D eigenvalue weighted by Crippen LogP contribution is -2.38. The molecule has 3 heteroatoms. The van der Waals surface area contributed by atoms with E-state index >= 15 is 0 Å². The van der Waals surface area contributed by atoms with Crippen molar-refractivity contribution in [1.82, 2.24) is 4.90 Å². The standard InChI is InChI=1S/C9H19NO2/c1-5-8(7(2)3)10(4)6-9(11)12/h7-8H,5-6H2,1-4H3,(H,11,12). The maximum absolute atomic E-state index is 10.4. The van der Waals surface area contributed by atoms with E-state index in [9.17, 15) is 4.79 Å². The highest BCUT2D eigenvalue weighted by Gasteiger charge is 2.17. The molecular weight excluding hydrogens is 154 g/mol. The van der Waals surface area contributed by atoms with Crippen LogP contribution in [0.5, 0.6) is 0 Å². The van der Waals surface area contributed by atoms with E-state index in [4.69, 9.17) is 5.11 Å². The van der Waals surface area contributed by atoms with E-state index in [0.29, 0.717) is 12.0 Å². The fraction of sp³-hybridized carbons (Fsp3) is 0.889. The van der Waals surface area contributed by atoms with Crippen molar-refractivity contribution < 1.29 is 9.90 Å². The number of nitrogens with zero attached hydrogens (tertiary/aromatic N) is 1. The third-order valence-electron chi connectivity index (χ3n) is 2.14. The zero-order valence-corrected chi connectivity index (χ0v) is 8.37. The van der Waals surface area contributed by atoms with E-state index in [-0.39, 0.29) is 6.54 Å². The van der Waals surface area contributed by atoms with Gasteiger partial charge in [0, 0.05) is 6.04 Å². The van der Waals surface area contributed by atoms with Crippen molar-refractivity contribution in [2.24, 2.45) is 5.92 Å². The minimum atomic E-state index is -0.753. The van der Waals surface area contributed by atoms with Gasteiger partial charge in [0.15, 0.2) is 0 Å². The fourth-order valence-electron chi connectivity index (χ4n) is 1.62. The van der Waals surface area contributed by atoms with Crippen molar-refractivity contribution in [2.75, 3.05) is 13.6 Å². The molecule has 0 aliphatic rings. The summed E-state index contributed by atoms with van der Waals surface area (Å²) in [4.78, 5) is 12.3. The minimum Gasteiger partial charge on any atom is -0.480 e. The molecule has 1 unspecified atom stereocenters. The van der Waals surface area contributed by atoms with E-state index in [1.807, 2.05) is 11.9 Å². The molecule has 0 radical (unpaired) electrons. The van der Waals surface area contributed by atoms with Gasteiger partial charge in [-0.05, 0) is 19.4 Å². The van der Waals surface area contributed by atoms with E-state index in [1.165, 1.54) is 0 Å². The van der Waals surface area contributed by atoms with Gasteiger partial charge in [0.1, 0.15) is 0 Å². The number of rotatable bonds is 5. The van der Waals surface area contributed by atoms with Crippen molar-refractivity contribution in [3.63, 3.8) is 0 Å². The Morgan fingerprint density at radius 2 is 2.00 bits per heavy atom. The van der Waals surface area contributed by atoms with Gasteiger partial charge in [-0.15, -0.1) is 0 Å². The van der Waals surface area contributed by atoms with E-state index in [1.54, 1.807) is 0 Å². The first kappa shape index (κ1) is 11.4. The Morgan fingerprint density at radius 1 is 1.50 bits per heavy atom. The summed E-state index contributed by atoms with van der Waals surface area (Å²) in [6.07, 6.45) is 1.00. The fourth-order valence-corrected chi connectivity index (χ4v) is 1.62. The highest BCUT2D eigenvalue weighted by atomic mass is 16.4. The second-order valence-corrected chi connectivity index (χ2v) is 3.53. The molecule has 0 aliphatic heterocycles. The Kier molecular flexibility index (Phi) is 4.90. The van der Waals surface area contributed by atoms with Gasteiger partial charge in [0.2, 0.25) is 0 Å². The topological polar surface area (TPSA) is 40.5 Å². The molecule has 0 aromatic carbocycles. The monoisotopic (exact) mass is 173 g/mol. The molecule has 0 aromatic rings. The molecule has 0 heterocycles. The quantitative estimate of drug-likeness (QED) is 0.684. The van der Waals surface area contributed by atoms with Crippen LogP contribution < -0.4 is 0 Å². The summed E-state index contributed by atoms with van der Waals surface area (Å²) >= 11 is 0. The number of hydrogen-bond acceptors (Lipinski definition) is 2. The van der Waals surface area contributed by atoms with Gasteiger partial charge in [-0.2, -0.15) is 0 Å². The van der Waals surface area contributed by atoms with Crippen molar-refractivity contribution in [2.45, 2.75) is 33.2 Å². The van der Waals surface area contributed by atoms with Crippen molar-refractivity contribution in [3.05, 3.63) is 0 Å². The van der Waals surface area contributed by atoms with Gasteiger partial charge in [-0.3, -0.25) is 9.69 Å². The largest absolute Gasteiger partial charge is 0.480 e. The van der Waals surface area contributed by atoms with Crippen molar-refractivity contribution >= 4 is 5.97 Å². The molecule has 0 bridgehead atoms. The number of aliphatic carboxylic acids is 1. The predicted octanol–water partition coefficient (Wildman–Crippen LogP) is 1.44. The van der Waals surface area contributed by atoms with E-state index in [2.05, 4.69) is 20.8 Å². The molecule has 0 spiro atoms. The Balaban J connectivity index is 4.02. The SMILES string of the molecule is CCC(C(C)C)N(C)CC(=O)O. The molecule has 0 saturated carbocycles. The summed E-state index contributed by atoms with van der Waals surface area (Å²) in [6, 6.07) is 0.376. The number of likely N-dealkylation sites (N-methyl/N-ethyl adjacent to an activating group) is 1. The van der Waals surface area contributed by atoms with Gasteiger partial charge in [-0.1, -0.05) is 20.8 Å². The average Bonchev–Trinajstić information content (AvgIpc) is 1.85. The lowest BCUT2D eigenvalue weighted by atomic mass is 10.0. The molecule has 0 saturated heterocycles. The smallest absolute Gasteiger partial charge is 0.317 e. The lowest BCUT2D eigenvalue weighted by Gasteiger charge is -2.28. The summed E-state index contributed by atoms with van der Waals surface area (Å²) in [6.45, 7) is 6.46. The van der Waals surface area contributed by atoms with Gasteiger partial charge in [0.25, 0.3) is 0 Å². The number of carbonyl (C=O) groups is 1. The second-order valence-electron chi connectivity index (χ2n) is 3.53. The van der Waals surface area contributed by atoms with Crippen LogP contribution in [-0.4, -0.2) is 35.6 Å². The normalized spacial score (nSPS) is 13.8. The van der Waals surface area contributed by atoms with Crippen LogP contribution in [0.15, 0.2) is 0 Å². The lowest BCUT2D eigenvalue weighted by molar-refractivity contribution is -0.138. The molecule has 72 valence electrons. The van der Waals surface area contributed by atoms with Crippen LogP contribution in [0.4, 0.5) is 0 Å². The highest BCUT2D eigenvalue weighted by Crippen LogP contribution is 2.11. The van der Waals surface area contributed by atoms with Gasteiger partial charge < -0.3 is 5.11 Å². The first-order valence-corrected chi connectivity index (χ1v) is 4.41. The van der Waals surface area contributed by atoms with Crippen LogP contribution in [0, 0.1) is 5.92 Å². The summed E-state index contributed by atoms with van der Waals surface area (Å²) in [5, 5.41) is 8.57. The molecule has 0 amide bonds. The first-order chi connectivity index (χ1) is 5.49. The zero-order chi connectivity index (χ0) is 9.72. The minimum absolute atomic E-state index is 0.136. The molecule has 1 atom stereocenters. The van der Waals surface area contributed by atoms with Crippen molar-refractivity contribution in [3.8, 4) is 0 Å². The molecule has 0 rings (SSSR count). The van der Waals surface area contributed by atoms with E-state index in [0.717, 1.165) is 6.42 Å². The van der Waals surface area contributed by atoms with Crippen LogP contribution in [0.1, 0.15) is 27.2 Å². The molecule has 0 aliphatic carbocycles. The predicted molar refractivity (Wildman–Crippen MR) is 49.2 cm³/mol. The molecule has 12 heavy (non-hydrogen) atoms. The zero-order valence-electron chi connectivity index (χ0n) is 8.37. The van der Waals surface area contributed by atoms with Gasteiger partial charge in [0.05, 0.1) is 6.54 Å². The summed E-state index contributed by atoms with van der Waals surface area (Å²) in [5.41, 5.74) is 0. The number of carboxylic acid groups (broad SMARTS) is 1. The van der Waals surface area contributed by atoms with E-state index < -0.39 is 5.97 Å². The maximum atomic E-state index is 10.4. The number of carboxylic acids is 1. The van der Waals surface area contributed by atoms with Gasteiger partial charge >= 0.3 is 5.97 Å². The molecular formula is C9H19NO2. The highest BCUT2D eigenvalue weighted by molar-refractivity contribution is 5.69. The summed E-state index contributed by atoms with van der Waals surface area (Å²) < 4.78 is 0. The van der Waals surface area contributed by atoms with Crippen LogP contribution in [0.2, 0.25) is 0 Å². The second kappa shape index (κ2) is 5.14. The third-order valence-corrected chi connectivity index (χ3v) is 2.14. The Hall–Kier alpha value is -0.570. The van der Waals surface area contributed by atoms with Crippen LogP contribution in [-0.2, 0) is 4.79 Å². The first-order valence-electron chi connectivity index (χ1n) is 4.41.